The van der Waals surface area contributed by atoms with Crippen LogP contribution in [0, 0.1) is 11.8 Å². The zero-order valence-electron chi connectivity index (χ0n) is 31.0. The van der Waals surface area contributed by atoms with Crippen molar-refractivity contribution in [3.05, 3.63) is 197 Å². The van der Waals surface area contributed by atoms with E-state index in [0.717, 1.165) is 12.2 Å². The third-order valence-electron chi connectivity index (χ3n) is 13.2. The molecule has 0 radical (unpaired) electrons. The quantitative estimate of drug-likeness (QED) is 0.182. The van der Waals surface area contributed by atoms with Crippen LogP contribution in [0.25, 0.3) is 49.8 Å². The summed E-state index contributed by atoms with van der Waals surface area (Å²) in [6.45, 7) is 5.43. The molecule has 1 saturated heterocycles. The molecule has 3 heteroatoms. The average molecular weight is 709 g/mol. The summed E-state index contributed by atoms with van der Waals surface area (Å²) in [5.74, 6) is 1.69. The van der Waals surface area contributed by atoms with Crippen molar-refractivity contribution in [2.75, 3.05) is 4.90 Å². The van der Waals surface area contributed by atoms with E-state index in [1.165, 1.54) is 89.0 Å². The molecule has 1 aromatic heterocycles. The summed E-state index contributed by atoms with van der Waals surface area (Å²) in [4.78, 5) is 2.64. The van der Waals surface area contributed by atoms with Gasteiger partial charge >= 0.3 is 0 Å². The highest BCUT2D eigenvalue weighted by Gasteiger charge is 2.50. The maximum atomic E-state index is 6.41. The fourth-order valence-electron chi connectivity index (χ4n) is 10.6. The first-order valence-corrected chi connectivity index (χ1v) is 19.7. The maximum absolute atomic E-state index is 6.41. The number of hydrogen-bond donors (Lipinski definition) is 0. The Balaban J connectivity index is 0.987. The molecule has 1 fully saturated rings. The first-order valence-electron chi connectivity index (χ1n) is 19.7. The van der Waals surface area contributed by atoms with Crippen molar-refractivity contribution in [1.82, 2.24) is 4.57 Å². The van der Waals surface area contributed by atoms with E-state index in [9.17, 15) is 0 Å². The van der Waals surface area contributed by atoms with Crippen molar-refractivity contribution in [2.24, 2.45) is 11.8 Å². The first kappa shape index (κ1) is 31.1. The molecule has 3 atom stereocenters. The smallest absolute Gasteiger partial charge is 0.127 e. The summed E-state index contributed by atoms with van der Waals surface area (Å²) in [6.07, 6.45) is 11.1. The van der Waals surface area contributed by atoms with Crippen molar-refractivity contribution >= 4 is 38.6 Å². The molecule has 3 heterocycles. The predicted octanol–water partition coefficient (Wildman–Crippen LogP) is 12.5. The van der Waals surface area contributed by atoms with E-state index >= 15 is 0 Å². The molecule has 3 nitrogen and oxygen atoms in total. The Bertz CT molecular complexity index is 2880. The van der Waals surface area contributed by atoms with Gasteiger partial charge in [-0.25, -0.2) is 0 Å². The maximum Gasteiger partial charge on any atom is 0.127 e. The average Bonchev–Trinajstić information content (AvgIpc) is 3.82. The van der Waals surface area contributed by atoms with Gasteiger partial charge in [0.2, 0.25) is 0 Å². The topological polar surface area (TPSA) is 17.4 Å². The number of hydrogen-bond acceptors (Lipinski definition) is 2. The molecule has 3 unspecified atom stereocenters. The molecule has 7 aromatic rings. The highest BCUT2D eigenvalue weighted by molar-refractivity contribution is 6.10. The Labute approximate surface area is 321 Å². The van der Waals surface area contributed by atoms with Gasteiger partial charge in [-0.15, -0.1) is 0 Å². The number of fused-ring (bicyclic) bond motifs is 12. The van der Waals surface area contributed by atoms with Gasteiger partial charge in [0.25, 0.3) is 0 Å². The van der Waals surface area contributed by atoms with Gasteiger partial charge in [-0.05, 0) is 112 Å². The summed E-state index contributed by atoms with van der Waals surface area (Å²) < 4.78 is 8.81. The Morgan fingerprint density at radius 1 is 0.636 bits per heavy atom. The Hall–Kier alpha value is -6.32. The summed E-state index contributed by atoms with van der Waals surface area (Å²) in [7, 11) is 0. The monoisotopic (exact) mass is 708 g/mol. The lowest BCUT2D eigenvalue weighted by atomic mass is 9.74. The van der Waals surface area contributed by atoms with Gasteiger partial charge in [-0.1, -0.05) is 117 Å². The standard InChI is InChI=1S/C52H40N2O/c1-52(2)45-29-50-43(27-39(45)40-28-44-37-18-10-9-13-34(37)31-55-51(44)30-46(40)52)42-26-33(22-24-49(42)54(50)36-16-7-4-8-17-36)32-21-23-48-41(25-32)38-19-11-12-20-47(38)53(48)35-14-5-3-6-15-35/h3-25,27-30,42-43,50H,26,31H2,1-2H3. The van der Waals surface area contributed by atoms with Crippen LogP contribution in [-0.2, 0) is 12.0 Å². The molecule has 0 N–H and O–H groups in total. The van der Waals surface area contributed by atoms with Crippen molar-refractivity contribution in [3.63, 3.8) is 0 Å². The summed E-state index contributed by atoms with van der Waals surface area (Å²) in [5.41, 5.74) is 18.3. The van der Waals surface area contributed by atoms with Crippen LogP contribution in [0.5, 0.6) is 5.75 Å². The number of rotatable bonds is 3. The minimum absolute atomic E-state index is 0.135. The van der Waals surface area contributed by atoms with Gasteiger partial charge in [0.15, 0.2) is 0 Å². The molecular formula is C52H40N2O. The second-order valence-corrected chi connectivity index (χ2v) is 16.4. The molecule has 3 aliphatic carbocycles. The van der Waals surface area contributed by atoms with Gasteiger partial charge in [0.1, 0.15) is 12.4 Å². The molecular weight excluding hydrogens is 669 g/mol. The van der Waals surface area contributed by atoms with Crippen LogP contribution >= 0.6 is 0 Å². The van der Waals surface area contributed by atoms with E-state index in [1.807, 2.05) is 0 Å². The number of para-hydroxylation sites is 3. The lowest BCUT2D eigenvalue weighted by molar-refractivity contribution is 0.301. The predicted molar refractivity (Wildman–Crippen MR) is 226 cm³/mol. The fourth-order valence-corrected chi connectivity index (χ4v) is 10.6. The van der Waals surface area contributed by atoms with E-state index in [0.29, 0.717) is 18.4 Å². The number of benzene rings is 6. The summed E-state index contributed by atoms with van der Waals surface area (Å²) in [6, 6.07) is 51.5. The molecule has 0 spiro atoms. The Morgan fingerprint density at radius 3 is 2.24 bits per heavy atom. The number of nitrogens with zero attached hydrogens (tertiary/aromatic N) is 2. The van der Waals surface area contributed by atoms with Crippen molar-refractivity contribution < 1.29 is 4.74 Å². The summed E-state index contributed by atoms with van der Waals surface area (Å²) >= 11 is 0. The fraction of sp³-hybridized carbons (Fsp3) is 0.154. The molecule has 55 heavy (non-hydrogen) atoms. The van der Waals surface area contributed by atoms with Crippen LogP contribution in [0.4, 0.5) is 5.69 Å². The van der Waals surface area contributed by atoms with Crippen molar-refractivity contribution in [3.8, 4) is 22.6 Å². The highest BCUT2D eigenvalue weighted by Crippen LogP contribution is 2.59. The second-order valence-electron chi connectivity index (χ2n) is 16.4. The van der Waals surface area contributed by atoms with E-state index in [4.69, 9.17) is 4.74 Å². The SMILES string of the molecule is CC1(C)C2=CC3C(C=C2c2cc4c(cc21)OCc1ccccc1-4)C1CC(c2ccc4c(c2)c2ccccc2n4-c2ccccc2)=CC=C1N3c1ccccc1. The second kappa shape index (κ2) is 11.3. The molecule has 12 rings (SSSR count). The lowest BCUT2D eigenvalue weighted by Crippen LogP contribution is -2.33. The van der Waals surface area contributed by atoms with E-state index in [2.05, 4.69) is 187 Å². The van der Waals surface area contributed by atoms with Gasteiger partial charge in [-0.3, -0.25) is 0 Å². The number of aromatic nitrogens is 1. The molecule has 264 valence electrons. The highest BCUT2D eigenvalue weighted by atomic mass is 16.5. The van der Waals surface area contributed by atoms with Gasteiger partial charge in [0, 0.05) is 50.7 Å². The van der Waals surface area contributed by atoms with Crippen molar-refractivity contribution in [1.29, 1.82) is 0 Å². The van der Waals surface area contributed by atoms with Crippen LogP contribution in [0.2, 0.25) is 0 Å². The largest absolute Gasteiger partial charge is 0.488 e. The number of ether oxygens (including phenoxy) is 1. The van der Waals surface area contributed by atoms with Crippen LogP contribution in [0.1, 0.15) is 42.5 Å². The Kier molecular flexibility index (Phi) is 6.41. The van der Waals surface area contributed by atoms with Gasteiger partial charge < -0.3 is 14.2 Å². The molecule has 0 bridgehead atoms. The normalized spacial score (nSPS) is 21.3. The Morgan fingerprint density at radius 2 is 1.38 bits per heavy atom. The zero-order valence-corrected chi connectivity index (χ0v) is 31.0. The van der Waals surface area contributed by atoms with E-state index in [-0.39, 0.29) is 11.5 Å². The van der Waals surface area contributed by atoms with Crippen LogP contribution in [0.15, 0.2) is 175 Å². The third-order valence-corrected chi connectivity index (χ3v) is 13.2. The minimum atomic E-state index is -0.135. The molecule has 6 aromatic carbocycles. The minimum Gasteiger partial charge on any atom is -0.488 e. The molecule has 5 aliphatic rings. The number of anilines is 1. The molecule has 0 amide bonds. The lowest BCUT2D eigenvalue weighted by Gasteiger charge is -2.33. The third kappa shape index (κ3) is 4.38. The van der Waals surface area contributed by atoms with Gasteiger partial charge in [0.05, 0.1) is 17.1 Å². The van der Waals surface area contributed by atoms with Crippen LogP contribution in [0.3, 0.4) is 0 Å². The molecule has 0 saturated carbocycles. The van der Waals surface area contributed by atoms with E-state index in [1.54, 1.807) is 0 Å². The van der Waals surface area contributed by atoms with E-state index < -0.39 is 0 Å². The van der Waals surface area contributed by atoms with Gasteiger partial charge in [-0.2, -0.15) is 0 Å². The van der Waals surface area contributed by atoms with Crippen molar-refractivity contribution in [2.45, 2.75) is 38.3 Å². The molecule has 2 aliphatic heterocycles. The number of allylic oxidation sites excluding steroid dienone is 6. The zero-order chi connectivity index (χ0) is 36.4. The van der Waals surface area contributed by atoms with Crippen LogP contribution in [-0.4, -0.2) is 10.6 Å². The van der Waals surface area contributed by atoms with Crippen LogP contribution < -0.4 is 9.64 Å². The summed E-state index contributed by atoms with van der Waals surface area (Å²) in [5, 5.41) is 2.59. The first-order chi connectivity index (χ1) is 27.0.